The second kappa shape index (κ2) is 8.29. The molecule has 0 bridgehead atoms. The lowest BCUT2D eigenvalue weighted by atomic mass is 9.94. The lowest BCUT2D eigenvalue weighted by Crippen LogP contribution is -2.61. The Kier molecular flexibility index (Phi) is 5.95. The molecule has 1 fully saturated rings. The Morgan fingerprint density at radius 3 is 2.53 bits per heavy atom. The third-order valence-corrected chi connectivity index (χ3v) is 6.07. The van der Waals surface area contributed by atoms with Gasteiger partial charge in [0, 0.05) is 24.1 Å². The highest BCUT2D eigenvalue weighted by atomic mass is 16.7. The molecule has 0 amide bonds. The summed E-state index contributed by atoms with van der Waals surface area (Å²) in [6, 6.07) is 3.04. The van der Waals surface area contributed by atoms with Gasteiger partial charge in [-0.2, -0.15) is 0 Å². The van der Waals surface area contributed by atoms with Crippen molar-refractivity contribution in [3.8, 4) is 11.5 Å². The molecule has 10 heteroatoms. The Bertz CT molecular complexity index is 1060. The van der Waals surface area contributed by atoms with Crippen molar-refractivity contribution in [2.24, 2.45) is 0 Å². The van der Waals surface area contributed by atoms with Crippen LogP contribution in [0.15, 0.2) is 21.3 Å². The molecule has 2 aliphatic rings. The van der Waals surface area contributed by atoms with Crippen molar-refractivity contribution < 1.29 is 43.8 Å². The average molecular weight is 452 g/mol. The molecular weight excluding hydrogens is 424 g/mol. The number of aliphatic hydroxyl groups excluding tert-OH is 4. The molecule has 1 unspecified atom stereocenters. The van der Waals surface area contributed by atoms with E-state index in [-0.39, 0.29) is 5.43 Å². The molecule has 176 valence electrons. The van der Waals surface area contributed by atoms with E-state index in [9.17, 15) is 25.2 Å². The average Bonchev–Trinajstić information content (AvgIpc) is 3.17. The van der Waals surface area contributed by atoms with Gasteiger partial charge in [-0.3, -0.25) is 4.79 Å². The highest BCUT2D eigenvalue weighted by molar-refractivity contribution is 5.87. The maximum absolute atomic E-state index is 12.6. The Morgan fingerprint density at radius 1 is 1.16 bits per heavy atom. The maximum Gasteiger partial charge on any atom is 0.196 e. The van der Waals surface area contributed by atoms with Crippen LogP contribution in [-0.2, 0) is 15.9 Å². The topological polar surface area (TPSA) is 148 Å². The molecular formula is C22H28O10. The van der Waals surface area contributed by atoms with E-state index < -0.39 is 49.0 Å². The first-order valence-corrected chi connectivity index (χ1v) is 10.4. The van der Waals surface area contributed by atoms with Gasteiger partial charge in [0.15, 0.2) is 11.7 Å². The van der Waals surface area contributed by atoms with Gasteiger partial charge in [0.05, 0.1) is 13.7 Å². The van der Waals surface area contributed by atoms with Gasteiger partial charge in [0.2, 0.25) is 0 Å². The SMILES string of the molecule is COc1c2c(cc3oc(C)cc(=O)c13)OC(C(C)(C)O[C@@H]1O[C@H](CO)[C@@H](O)[C@H](O)[C@H]1O)C2. The first-order chi connectivity index (χ1) is 15.1. The zero-order chi connectivity index (χ0) is 23.4. The minimum absolute atomic E-state index is 0.219. The van der Waals surface area contributed by atoms with E-state index >= 15 is 0 Å². The van der Waals surface area contributed by atoms with Crippen LogP contribution in [0.3, 0.4) is 0 Å². The van der Waals surface area contributed by atoms with E-state index in [0.29, 0.717) is 40.2 Å². The molecule has 1 aromatic heterocycles. The molecule has 10 nitrogen and oxygen atoms in total. The van der Waals surface area contributed by atoms with E-state index in [0.717, 1.165) is 0 Å². The number of aryl methyl sites for hydroxylation is 1. The van der Waals surface area contributed by atoms with Crippen molar-refractivity contribution >= 4 is 11.0 Å². The molecule has 0 saturated carbocycles. The first-order valence-electron chi connectivity index (χ1n) is 10.4. The maximum atomic E-state index is 12.6. The Labute approximate surface area is 183 Å². The van der Waals surface area contributed by atoms with Crippen LogP contribution in [0.5, 0.6) is 11.5 Å². The van der Waals surface area contributed by atoms with Crippen molar-refractivity contribution in [3.05, 3.63) is 33.7 Å². The van der Waals surface area contributed by atoms with Crippen LogP contribution in [-0.4, -0.2) is 76.6 Å². The molecule has 6 atom stereocenters. The van der Waals surface area contributed by atoms with Crippen LogP contribution in [0, 0.1) is 6.92 Å². The van der Waals surface area contributed by atoms with Crippen LogP contribution in [0.25, 0.3) is 11.0 Å². The number of hydrogen-bond acceptors (Lipinski definition) is 10. The Morgan fingerprint density at radius 2 is 1.88 bits per heavy atom. The molecule has 0 aliphatic carbocycles. The van der Waals surface area contributed by atoms with Gasteiger partial charge in [-0.25, -0.2) is 0 Å². The number of ether oxygens (including phenoxy) is 4. The predicted molar refractivity (Wildman–Crippen MR) is 111 cm³/mol. The van der Waals surface area contributed by atoms with Crippen molar-refractivity contribution in [1.82, 2.24) is 0 Å². The summed E-state index contributed by atoms with van der Waals surface area (Å²) >= 11 is 0. The summed E-state index contributed by atoms with van der Waals surface area (Å²) < 4.78 is 28.8. The minimum atomic E-state index is -1.55. The van der Waals surface area contributed by atoms with Crippen LogP contribution < -0.4 is 14.9 Å². The summed E-state index contributed by atoms with van der Waals surface area (Å²) in [5.41, 5.74) is -0.230. The van der Waals surface area contributed by atoms with E-state index in [2.05, 4.69) is 0 Å². The number of benzene rings is 1. The monoisotopic (exact) mass is 452 g/mol. The lowest BCUT2D eigenvalue weighted by molar-refractivity contribution is -0.329. The Balaban J connectivity index is 1.62. The number of fused-ring (bicyclic) bond motifs is 2. The highest BCUT2D eigenvalue weighted by Crippen LogP contribution is 2.44. The first kappa shape index (κ1) is 23.0. The number of hydrogen-bond donors (Lipinski definition) is 4. The summed E-state index contributed by atoms with van der Waals surface area (Å²) in [6.07, 6.45) is -7.17. The van der Waals surface area contributed by atoms with E-state index in [1.54, 1.807) is 26.8 Å². The Hall–Kier alpha value is -2.21. The molecule has 1 aromatic carbocycles. The summed E-state index contributed by atoms with van der Waals surface area (Å²) in [7, 11) is 1.47. The summed E-state index contributed by atoms with van der Waals surface area (Å²) in [6.45, 7) is 4.58. The van der Waals surface area contributed by atoms with Gasteiger partial charge < -0.3 is 43.8 Å². The third kappa shape index (κ3) is 3.76. The molecule has 4 N–H and O–H groups in total. The second-order valence-corrected chi connectivity index (χ2v) is 8.71. The fourth-order valence-electron chi connectivity index (χ4n) is 4.26. The lowest BCUT2D eigenvalue weighted by Gasteiger charge is -2.43. The van der Waals surface area contributed by atoms with Gasteiger partial charge in [-0.05, 0) is 20.8 Å². The van der Waals surface area contributed by atoms with E-state index in [4.69, 9.17) is 23.4 Å². The smallest absolute Gasteiger partial charge is 0.196 e. The molecule has 2 aliphatic heterocycles. The molecule has 4 rings (SSSR count). The number of aliphatic hydroxyl groups is 4. The third-order valence-electron chi connectivity index (χ3n) is 6.07. The van der Waals surface area contributed by atoms with Gasteiger partial charge in [-0.1, -0.05) is 0 Å². The van der Waals surface area contributed by atoms with Crippen LogP contribution in [0.1, 0.15) is 25.2 Å². The molecule has 3 heterocycles. The predicted octanol–water partition coefficient (Wildman–Crippen LogP) is 0.00862. The van der Waals surface area contributed by atoms with Crippen molar-refractivity contribution in [2.45, 2.75) is 69.6 Å². The van der Waals surface area contributed by atoms with Crippen molar-refractivity contribution in [2.75, 3.05) is 13.7 Å². The molecule has 0 radical (unpaired) electrons. The van der Waals surface area contributed by atoms with Gasteiger partial charge in [-0.15, -0.1) is 0 Å². The van der Waals surface area contributed by atoms with Gasteiger partial charge >= 0.3 is 0 Å². The molecule has 1 saturated heterocycles. The van der Waals surface area contributed by atoms with Crippen LogP contribution in [0.4, 0.5) is 0 Å². The van der Waals surface area contributed by atoms with Gasteiger partial charge in [0.25, 0.3) is 0 Å². The zero-order valence-electron chi connectivity index (χ0n) is 18.3. The number of rotatable bonds is 5. The van der Waals surface area contributed by atoms with Gasteiger partial charge in [0.1, 0.15) is 64.3 Å². The standard InChI is InChI=1S/C22H28O10/c1-9-5-11(24)16-13(29-9)7-12-10(20(16)28-4)6-15(30-12)22(2,3)32-21-19(27)18(26)17(25)14(8-23)31-21/h5,7,14-15,17-19,21,23,25-27H,6,8H2,1-4H3/t14-,15?,17-,18+,19-,21+/m1/s1. The quantitative estimate of drug-likeness (QED) is 0.489. The van der Waals surface area contributed by atoms with Crippen LogP contribution >= 0.6 is 0 Å². The summed E-state index contributed by atoms with van der Waals surface area (Å²) in [5.74, 6) is 1.32. The summed E-state index contributed by atoms with van der Waals surface area (Å²) in [5, 5.41) is 40.1. The van der Waals surface area contributed by atoms with Crippen LogP contribution in [0.2, 0.25) is 0 Å². The van der Waals surface area contributed by atoms with E-state index in [1.165, 1.54) is 13.2 Å². The fraction of sp³-hybridized carbons (Fsp3) is 0.591. The number of methoxy groups -OCH3 is 1. The highest BCUT2D eigenvalue weighted by Gasteiger charge is 2.48. The molecule has 32 heavy (non-hydrogen) atoms. The zero-order valence-corrected chi connectivity index (χ0v) is 18.3. The fourth-order valence-corrected chi connectivity index (χ4v) is 4.26. The van der Waals surface area contributed by atoms with E-state index in [1.807, 2.05) is 0 Å². The summed E-state index contributed by atoms with van der Waals surface area (Å²) in [4.78, 5) is 12.6. The largest absolute Gasteiger partial charge is 0.495 e. The van der Waals surface area contributed by atoms with Crippen molar-refractivity contribution in [1.29, 1.82) is 0 Å². The minimum Gasteiger partial charge on any atom is -0.495 e. The second-order valence-electron chi connectivity index (χ2n) is 8.71. The molecule has 0 spiro atoms. The van der Waals surface area contributed by atoms with Crippen molar-refractivity contribution in [3.63, 3.8) is 0 Å². The normalized spacial score (nSPS) is 30.2. The molecule has 2 aromatic rings.